The van der Waals surface area contributed by atoms with Crippen LogP contribution >= 0.6 is 11.6 Å². The Bertz CT molecular complexity index is 770. The minimum Gasteiger partial charge on any atom is -0.478 e. The average Bonchev–Trinajstić information content (AvgIpc) is 2.62. The summed E-state index contributed by atoms with van der Waals surface area (Å²) in [5.74, 6) is -1.01. The highest BCUT2D eigenvalue weighted by molar-refractivity contribution is 6.33. The minimum atomic E-state index is -0.940. The van der Waals surface area contributed by atoms with Crippen molar-refractivity contribution < 1.29 is 14.7 Å². The van der Waals surface area contributed by atoms with Gasteiger partial charge in [0.25, 0.3) is 5.91 Å². The van der Waals surface area contributed by atoms with E-state index in [2.05, 4.69) is 4.90 Å². The van der Waals surface area contributed by atoms with Crippen LogP contribution in [0.4, 0.5) is 5.69 Å². The maximum atomic E-state index is 12.6. The number of hydrogen-bond acceptors (Lipinski definition) is 3. The van der Waals surface area contributed by atoms with Crippen molar-refractivity contribution in [1.82, 2.24) is 4.90 Å². The Morgan fingerprint density at radius 3 is 2.33 bits per heavy atom. The van der Waals surface area contributed by atoms with Gasteiger partial charge in [0, 0.05) is 31.9 Å². The highest BCUT2D eigenvalue weighted by Gasteiger charge is 2.23. The zero-order valence-electron chi connectivity index (χ0n) is 13.0. The van der Waals surface area contributed by atoms with Crippen LogP contribution in [0, 0.1) is 0 Å². The molecule has 1 saturated heterocycles. The molecule has 0 saturated carbocycles. The summed E-state index contributed by atoms with van der Waals surface area (Å²) in [6, 6.07) is 13.9. The van der Waals surface area contributed by atoms with Gasteiger partial charge >= 0.3 is 5.97 Å². The molecule has 0 aromatic heterocycles. The van der Waals surface area contributed by atoms with E-state index in [4.69, 9.17) is 16.7 Å². The summed E-state index contributed by atoms with van der Waals surface area (Å²) >= 11 is 6.10. The highest BCUT2D eigenvalue weighted by Crippen LogP contribution is 2.21. The topological polar surface area (TPSA) is 60.9 Å². The molecular weight excluding hydrogens is 328 g/mol. The summed E-state index contributed by atoms with van der Waals surface area (Å²) in [5.41, 5.74) is 1.64. The Kier molecular flexibility index (Phi) is 4.71. The lowest BCUT2D eigenvalue weighted by atomic mass is 10.1. The van der Waals surface area contributed by atoms with E-state index in [0.29, 0.717) is 36.8 Å². The molecule has 5 nitrogen and oxygen atoms in total. The number of carbonyl (C=O) groups excluding carboxylic acids is 1. The number of aromatic carboxylic acids is 1. The number of carbonyl (C=O) groups is 2. The van der Waals surface area contributed by atoms with E-state index in [-0.39, 0.29) is 11.5 Å². The van der Waals surface area contributed by atoms with E-state index in [9.17, 15) is 9.59 Å². The van der Waals surface area contributed by atoms with Crippen LogP contribution in [0.25, 0.3) is 0 Å². The zero-order chi connectivity index (χ0) is 17.1. The van der Waals surface area contributed by atoms with Crippen LogP contribution in [-0.4, -0.2) is 48.1 Å². The fourth-order valence-corrected chi connectivity index (χ4v) is 3.02. The predicted molar refractivity (Wildman–Crippen MR) is 93.0 cm³/mol. The molecule has 3 rings (SSSR count). The molecule has 0 spiro atoms. The van der Waals surface area contributed by atoms with Crippen molar-refractivity contribution >= 4 is 29.2 Å². The van der Waals surface area contributed by atoms with Gasteiger partial charge in [0.15, 0.2) is 0 Å². The summed E-state index contributed by atoms with van der Waals surface area (Å²) < 4.78 is 0. The highest BCUT2D eigenvalue weighted by atomic mass is 35.5. The first-order chi connectivity index (χ1) is 11.6. The number of rotatable bonds is 3. The summed E-state index contributed by atoms with van der Waals surface area (Å²) in [6.45, 7) is 2.45. The van der Waals surface area contributed by atoms with Crippen LogP contribution in [0.15, 0.2) is 48.5 Å². The number of amides is 1. The van der Waals surface area contributed by atoms with E-state index in [1.165, 1.54) is 0 Å². The molecule has 0 aliphatic carbocycles. The molecule has 1 aliphatic rings. The summed E-state index contributed by atoms with van der Waals surface area (Å²) in [4.78, 5) is 27.5. The van der Waals surface area contributed by atoms with E-state index in [0.717, 1.165) is 5.69 Å². The molecular formula is C18H17ClN2O3. The second-order valence-corrected chi connectivity index (χ2v) is 6.02. The number of benzene rings is 2. The molecule has 0 radical (unpaired) electrons. The van der Waals surface area contributed by atoms with Crippen molar-refractivity contribution in [1.29, 1.82) is 0 Å². The molecule has 1 amide bonds. The fourth-order valence-electron chi connectivity index (χ4n) is 2.81. The SMILES string of the molecule is O=C(O)c1cccc(N2CCN(C(=O)c3ccccc3Cl)CC2)c1. The third-order valence-electron chi connectivity index (χ3n) is 4.13. The van der Waals surface area contributed by atoms with Gasteiger partial charge in [0.2, 0.25) is 0 Å². The number of halogens is 1. The molecule has 124 valence electrons. The molecule has 1 aliphatic heterocycles. The van der Waals surface area contributed by atoms with Crippen LogP contribution in [0.5, 0.6) is 0 Å². The number of nitrogens with zero attached hydrogens (tertiary/aromatic N) is 2. The normalized spacial score (nSPS) is 14.5. The van der Waals surface area contributed by atoms with Gasteiger partial charge in [-0.1, -0.05) is 29.8 Å². The molecule has 24 heavy (non-hydrogen) atoms. The van der Waals surface area contributed by atoms with Gasteiger partial charge in [0.1, 0.15) is 0 Å². The lowest BCUT2D eigenvalue weighted by molar-refractivity contribution is 0.0696. The number of hydrogen-bond donors (Lipinski definition) is 1. The third kappa shape index (κ3) is 3.36. The second-order valence-electron chi connectivity index (χ2n) is 5.61. The van der Waals surface area contributed by atoms with Gasteiger partial charge in [-0.25, -0.2) is 4.79 Å². The van der Waals surface area contributed by atoms with Gasteiger partial charge in [-0.05, 0) is 30.3 Å². The van der Waals surface area contributed by atoms with E-state index in [1.807, 2.05) is 6.07 Å². The second kappa shape index (κ2) is 6.93. The molecule has 1 N–H and O–H groups in total. The van der Waals surface area contributed by atoms with Crippen LogP contribution in [0.1, 0.15) is 20.7 Å². The van der Waals surface area contributed by atoms with Crippen LogP contribution in [0.2, 0.25) is 5.02 Å². The molecule has 0 atom stereocenters. The van der Waals surface area contributed by atoms with Crippen molar-refractivity contribution in [2.75, 3.05) is 31.1 Å². The molecule has 0 unspecified atom stereocenters. The monoisotopic (exact) mass is 344 g/mol. The predicted octanol–water partition coefficient (Wildman–Crippen LogP) is 3.00. The largest absolute Gasteiger partial charge is 0.478 e. The van der Waals surface area contributed by atoms with Gasteiger partial charge in [-0.2, -0.15) is 0 Å². The van der Waals surface area contributed by atoms with Crippen molar-refractivity contribution in [3.63, 3.8) is 0 Å². The maximum absolute atomic E-state index is 12.6. The number of carboxylic acids is 1. The smallest absolute Gasteiger partial charge is 0.335 e. The van der Waals surface area contributed by atoms with Gasteiger partial charge in [0.05, 0.1) is 16.1 Å². The van der Waals surface area contributed by atoms with Gasteiger partial charge < -0.3 is 14.9 Å². The van der Waals surface area contributed by atoms with E-state index >= 15 is 0 Å². The summed E-state index contributed by atoms with van der Waals surface area (Å²) in [5, 5.41) is 9.55. The Morgan fingerprint density at radius 2 is 1.67 bits per heavy atom. The Labute approximate surface area is 145 Å². The first-order valence-corrected chi connectivity index (χ1v) is 8.06. The molecule has 2 aromatic carbocycles. The third-order valence-corrected chi connectivity index (χ3v) is 4.46. The van der Waals surface area contributed by atoms with Crippen LogP contribution in [0.3, 0.4) is 0 Å². The fraction of sp³-hybridized carbons (Fsp3) is 0.222. The number of carboxylic acid groups (broad SMARTS) is 1. The first-order valence-electron chi connectivity index (χ1n) is 7.68. The quantitative estimate of drug-likeness (QED) is 0.929. The van der Waals surface area contributed by atoms with E-state index < -0.39 is 5.97 Å². The van der Waals surface area contributed by atoms with Crippen molar-refractivity contribution in [2.24, 2.45) is 0 Å². The van der Waals surface area contributed by atoms with Crippen molar-refractivity contribution in [3.8, 4) is 0 Å². The molecule has 0 bridgehead atoms. The van der Waals surface area contributed by atoms with Gasteiger partial charge in [-0.15, -0.1) is 0 Å². The molecule has 6 heteroatoms. The lowest BCUT2D eigenvalue weighted by Gasteiger charge is -2.36. The molecule has 1 heterocycles. The van der Waals surface area contributed by atoms with Gasteiger partial charge in [-0.3, -0.25) is 4.79 Å². The number of piperazine rings is 1. The van der Waals surface area contributed by atoms with Crippen LogP contribution < -0.4 is 4.90 Å². The Hall–Kier alpha value is -2.53. The summed E-state index contributed by atoms with van der Waals surface area (Å²) in [7, 11) is 0. The number of anilines is 1. The first kappa shape index (κ1) is 16.3. The average molecular weight is 345 g/mol. The molecule has 1 fully saturated rings. The van der Waals surface area contributed by atoms with Crippen LogP contribution in [-0.2, 0) is 0 Å². The lowest BCUT2D eigenvalue weighted by Crippen LogP contribution is -2.48. The maximum Gasteiger partial charge on any atom is 0.335 e. The van der Waals surface area contributed by atoms with Crippen molar-refractivity contribution in [2.45, 2.75) is 0 Å². The zero-order valence-corrected chi connectivity index (χ0v) is 13.7. The minimum absolute atomic E-state index is 0.0699. The van der Waals surface area contributed by atoms with E-state index in [1.54, 1.807) is 47.4 Å². The van der Waals surface area contributed by atoms with Crippen molar-refractivity contribution in [3.05, 3.63) is 64.7 Å². The Morgan fingerprint density at radius 1 is 0.958 bits per heavy atom. The summed E-state index contributed by atoms with van der Waals surface area (Å²) in [6.07, 6.45) is 0. The standard InChI is InChI=1S/C18H17ClN2O3/c19-16-7-2-1-6-15(16)17(22)21-10-8-20(9-11-21)14-5-3-4-13(12-14)18(23)24/h1-7,12H,8-11H2,(H,23,24). The molecule has 2 aromatic rings. The Balaban J connectivity index is 1.68.